The lowest BCUT2D eigenvalue weighted by Gasteiger charge is -2.31. The van der Waals surface area contributed by atoms with Crippen molar-refractivity contribution in [3.8, 4) is 0 Å². The molecule has 2 aliphatic heterocycles. The summed E-state index contributed by atoms with van der Waals surface area (Å²) in [5.74, 6) is 0.519. The summed E-state index contributed by atoms with van der Waals surface area (Å²) in [5, 5.41) is 8.98. The molecule has 0 saturated carbocycles. The molecule has 0 radical (unpaired) electrons. The fourth-order valence-electron chi connectivity index (χ4n) is 3.74. The summed E-state index contributed by atoms with van der Waals surface area (Å²) < 4.78 is 0. The Hall–Kier alpha value is -1.28. The lowest BCUT2D eigenvalue weighted by Crippen LogP contribution is -2.50. The number of aliphatic carboxylic acids is 1. The maximum Gasteiger partial charge on any atom is 0.317 e. The Labute approximate surface area is 166 Å². The number of carbonyl (C=O) groups is 3. The lowest BCUT2D eigenvalue weighted by molar-refractivity contribution is -0.144. The minimum absolute atomic E-state index is 0.0208. The minimum atomic E-state index is -0.828. The molecule has 2 amide bonds. The van der Waals surface area contributed by atoms with Crippen LogP contribution < -0.4 is 0 Å². The fourth-order valence-corrected chi connectivity index (χ4v) is 4.91. The standard InChI is InChI=1S/C19H33N3O4S/c1-19(2,3)10-16(23)22-13-27-12-15(22)18(26)21-8-5-6-14(7-9-21)20(4)11-17(24)25/h14-15H,5-13H2,1-4H3,(H,24,25). The first-order valence-corrected chi connectivity index (χ1v) is 10.8. The van der Waals surface area contributed by atoms with E-state index in [1.165, 1.54) is 0 Å². The van der Waals surface area contributed by atoms with Crippen LogP contribution in [0.25, 0.3) is 0 Å². The molecular weight excluding hydrogens is 366 g/mol. The van der Waals surface area contributed by atoms with Crippen LogP contribution in [0, 0.1) is 5.41 Å². The van der Waals surface area contributed by atoms with Crippen molar-refractivity contribution in [1.29, 1.82) is 0 Å². The summed E-state index contributed by atoms with van der Waals surface area (Å²) in [6, 6.07) is -0.186. The van der Waals surface area contributed by atoms with Crippen molar-refractivity contribution in [2.75, 3.05) is 38.3 Å². The van der Waals surface area contributed by atoms with Gasteiger partial charge in [-0.15, -0.1) is 11.8 Å². The molecule has 27 heavy (non-hydrogen) atoms. The van der Waals surface area contributed by atoms with Gasteiger partial charge in [0.15, 0.2) is 0 Å². The number of carboxylic acids is 1. The van der Waals surface area contributed by atoms with Gasteiger partial charge in [0.1, 0.15) is 6.04 Å². The molecule has 0 aliphatic carbocycles. The van der Waals surface area contributed by atoms with Crippen molar-refractivity contribution in [3.05, 3.63) is 0 Å². The maximum absolute atomic E-state index is 13.1. The van der Waals surface area contributed by atoms with Crippen molar-refractivity contribution in [3.63, 3.8) is 0 Å². The molecule has 2 saturated heterocycles. The Morgan fingerprint density at radius 2 is 1.89 bits per heavy atom. The van der Waals surface area contributed by atoms with E-state index >= 15 is 0 Å². The van der Waals surface area contributed by atoms with Crippen LogP contribution in [0.4, 0.5) is 0 Å². The molecule has 1 N–H and O–H groups in total. The molecule has 2 aliphatic rings. The predicted octanol–water partition coefficient (Wildman–Crippen LogP) is 1.72. The average molecular weight is 400 g/mol. The Morgan fingerprint density at radius 3 is 2.52 bits per heavy atom. The van der Waals surface area contributed by atoms with Gasteiger partial charge in [0, 0.05) is 31.3 Å². The predicted molar refractivity (Wildman–Crippen MR) is 107 cm³/mol. The van der Waals surface area contributed by atoms with Gasteiger partial charge in [-0.3, -0.25) is 19.3 Å². The number of amides is 2. The topological polar surface area (TPSA) is 81.2 Å². The van der Waals surface area contributed by atoms with Gasteiger partial charge < -0.3 is 14.9 Å². The zero-order valence-electron chi connectivity index (χ0n) is 16.9. The molecular formula is C19H33N3O4S. The molecule has 0 spiro atoms. The third-order valence-corrected chi connectivity index (χ3v) is 6.20. The number of carbonyl (C=O) groups excluding carboxylic acids is 2. The molecule has 2 atom stereocenters. The van der Waals surface area contributed by atoms with E-state index in [9.17, 15) is 14.4 Å². The van der Waals surface area contributed by atoms with Gasteiger partial charge in [-0.05, 0) is 31.7 Å². The summed E-state index contributed by atoms with van der Waals surface area (Å²) >= 11 is 1.64. The van der Waals surface area contributed by atoms with Gasteiger partial charge in [-0.1, -0.05) is 20.8 Å². The quantitative estimate of drug-likeness (QED) is 0.758. The Bertz CT molecular complexity index is 564. The first kappa shape index (κ1) is 22.0. The van der Waals surface area contributed by atoms with Gasteiger partial charge in [0.25, 0.3) is 0 Å². The second-order valence-electron chi connectivity index (χ2n) is 8.84. The highest BCUT2D eigenvalue weighted by molar-refractivity contribution is 7.99. The van der Waals surface area contributed by atoms with Gasteiger partial charge in [0.05, 0.1) is 12.4 Å². The number of hydrogen-bond donors (Lipinski definition) is 1. The minimum Gasteiger partial charge on any atom is -0.480 e. The first-order chi connectivity index (χ1) is 12.6. The number of hydrogen-bond acceptors (Lipinski definition) is 5. The Kier molecular flexibility index (Phi) is 7.56. The Morgan fingerprint density at radius 1 is 1.19 bits per heavy atom. The Balaban J connectivity index is 1.96. The summed E-state index contributed by atoms with van der Waals surface area (Å²) in [5.41, 5.74) is -0.0948. The van der Waals surface area contributed by atoms with Crippen LogP contribution in [0.3, 0.4) is 0 Å². The third-order valence-electron chi connectivity index (χ3n) is 5.19. The largest absolute Gasteiger partial charge is 0.480 e. The zero-order valence-corrected chi connectivity index (χ0v) is 17.8. The van der Waals surface area contributed by atoms with Crippen LogP contribution in [0.5, 0.6) is 0 Å². The molecule has 7 nitrogen and oxygen atoms in total. The molecule has 154 valence electrons. The number of carboxylic acid groups (broad SMARTS) is 1. The van der Waals surface area contributed by atoms with Gasteiger partial charge in [-0.25, -0.2) is 0 Å². The van der Waals surface area contributed by atoms with E-state index in [0.717, 1.165) is 19.3 Å². The van der Waals surface area contributed by atoms with E-state index in [1.807, 2.05) is 37.6 Å². The van der Waals surface area contributed by atoms with Crippen LogP contribution in [0.1, 0.15) is 46.5 Å². The van der Waals surface area contributed by atoms with Crippen molar-refractivity contribution in [1.82, 2.24) is 14.7 Å². The first-order valence-electron chi connectivity index (χ1n) is 9.66. The smallest absolute Gasteiger partial charge is 0.317 e. The van der Waals surface area contributed by atoms with Gasteiger partial charge in [-0.2, -0.15) is 0 Å². The SMILES string of the molecule is CN(CC(=O)O)C1CCCN(C(=O)C2CSCN2C(=O)CC(C)(C)C)CC1. The van der Waals surface area contributed by atoms with E-state index in [4.69, 9.17) is 5.11 Å². The van der Waals surface area contributed by atoms with E-state index in [2.05, 4.69) is 0 Å². The molecule has 0 aromatic carbocycles. The van der Waals surface area contributed by atoms with E-state index in [1.54, 1.807) is 16.7 Å². The monoisotopic (exact) mass is 399 g/mol. The number of likely N-dealkylation sites (tertiary alicyclic amines) is 1. The van der Waals surface area contributed by atoms with Gasteiger partial charge in [0.2, 0.25) is 11.8 Å². The van der Waals surface area contributed by atoms with Crippen LogP contribution in [0.2, 0.25) is 0 Å². The maximum atomic E-state index is 13.1. The molecule has 2 rings (SSSR count). The van der Waals surface area contributed by atoms with Gasteiger partial charge >= 0.3 is 5.97 Å². The van der Waals surface area contributed by atoms with Crippen LogP contribution in [-0.4, -0.2) is 88.0 Å². The summed E-state index contributed by atoms with van der Waals surface area (Å²) in [4.78, 5) is 42.2. The number of likely N-dealkylation sites (N-methyl/N-ethyl adjacent to an activating group) is 1. The highest BCUT2D eigenvalue weighted by Crippen LogP contribution is 2.28. The fraction of sp³-hybridized carbons (Fsp3) is 0.842. The van der Waals surface area contributed by atoms with Crippen molar-refractivity contribution in [2.24, 2.45) is 5.41 Å². The van der Waals surface area contributed by atoms with E-state index < -0.39 is 5.97 Å². The van der Waals surface area contributed by atoms with Crippen LogP contribution >= 0.6 is 11.8 Å². The van der Waals surface area contributed by atoms with Crippen LogP contribution in [-0.2, 0) is 14.4 Å². The molecule has 8 heteroatoms. The van der Waals surface area contributed by atoms with Crippen molar-refractivity contribution >= 4 is 29.5 Å². The third kappa shape index (κ3) is 6.38. The molecule has 0 bridgehead atoms. The van der Waals surface area contributed by atoms with Crippen molar-refractivity contribution in [2.45, 2.75) is 58.5 Å². The number of thioether (sulfide) groups is 1. The van der Waals surface area contributed by atoms with E-state index in [0.29, 0.717) is 31.1 Å². The molecule has 2 unspecified atom stereocenters. The molecule has 2 heterocycles. The number of nitrogens with zero attached hydrogens (tertiary/aromatic N) is 3. The summed E-state index contributed by atoms with van der Waals surface area (Å²) in [6.07, 6.45) is 2.96. The summed E-state index contributed by atoms with van der Waals surface area (Å²) in [6.45, 7) is 7.43. The van der Waals surface area contributed by atoms with Crippen LogP contribution in [0.15, 0.2) is 0 Å². The zero-order chi connectivity index (χ0) is 20.2. The molecule has 2 fully saturated rings. The second-order valence-corrected chi connectivity index (χ2v) is 9.84. The number of rotatable bonds is 5. The summed E-state index contributed by atoms with van der Waals surface area (Å²) in [7, 11) is 1.83. The average Bonchev–Trinajstić information content (AvgIpc) is 2.89. The molecule has 0 aromatic rings. The van der Waals surface area contributed by atoms with Crippen molar-refractivity contribution < 1.29 is 19.5 Å². The molecule has 0 aromatic heterocycles. The lowest BCUT2D eigenvalue weighted by atomic mass is 9.91. The van der Waals surface area contributed by atoms with E-state index in [-0.39, 0.29) is 35.9 Å². The highest BCUT2D eigenvalue weighted by atomic mass is 32.2. The highest BCUT2D eigenvalue weighted by Gasteiger charge is 2.38. The second kappa shape index (κ2) is 9.28. The normalized spacial score (nSPS) is 24.2.